The zero-order valence-electron chi connectivity index (χ0n) is 19.0. The van der Waals surface area contributed by atoms with Gasteiger partial charge in [-0.25, -0.2) is 22.0 Å². The summed E-state index contributed by atoms with van der Waals surface area (Å²) in [6, 6.07) is 16.8. The van der Waals surface area contributed by atoms with E-state index in [1.54, 1.807) is 75.4 Å². The maximum Gasteiger partial charge on any atom is 0.234 e. The Balaban J connectivity index is 2.01. The van der Waals surface area contributed by atoms with Crippen LogP contribution in [0.2, 0.25) is 0 Å². The van der Waals surface area contributed by atoms with Crippen molar-refractivity contribution in [2.75, 3.05) is 4.67 Å². The van der Waals surface area contributed by atoms with Gasteiger partial charge in [0.15, 0.2) is 23.3 Å². The molecule has 0 spiro atoms. The molecule has 178 valence electrons. The maximum atomic E-state index is 15.3. The minimum atomic E-state index is -4.21. The molecule has 2 nitrogen and oxygen atoms in total. The Hall–Kier alpha value is -3.44. The molecule has 1 atom stereocenters. The Bertz CT molecular complexity index is 1550. The van der Waals surface area contributed by atoms with Crippen LogP contribution in [0.4, 0.5) is 33.3 Å². The molecule has 0 amide bonds. The van der Waals surface area contributed by atoms with Gasteiger partial charge >= 0.3 is 0 Å². The van der Waals surface area contributed by atoms with Crippen LogP contribution in [0.1, 0.15) is 16.7 Å². The number of fused-ring (bicyclic) bond motifs is 3. The second kappa shape index (κ2) is 8.06. The SMILES string of the molecule is Cc1cccc(P2(=O)c3cc(C)ccc3-c3ccc(C)cc3N2c2c(F)c(F)c(F)c(F)c2F)c1. The fraction of sp³-hybridized carbons (Fsp3) is 0.111. The average molecular weight is 499 g/mol. The van der Waals surface area contributed by atoms with Crippen LogP contribution in [-0.2, 0) is 4.57 Å². The van der Waals surface area contributed by atoms with Gasteiger partial charge in [0.25, 0.3) is 0 Å². The third-order valence-corrected chi connectivity index (χ3v) is 9.16. The van der Waals surface area contributed by atoms with E-state index in [2.05, 4.69) is 0 Å². The lowest BCUT2D eigenvalue weighted by Crippen LogP contribution is -2.35. The minimum Gasteiger partial charge on any atom is -0.289 e. The van der Waals surface area contributed by atoms with Crippen LogP contribution in [0.3, 0.4) is 0 Å². The molecule has 0 aromatic heterocycles. The summed E-state index contributed by atoms with van der Waals surface area (Å²) in [5.41, 5.74) is 1.98. The van der Waals surface area contributed by atoms with Crippen molar-refractivity contribution >= 4 is 29.3 Å². The van der Waals surface area contributed by atoms with Crippen LogP contribution in [-0.4, -0.2) is 0 Å². The number of anilines is 2. The minimum absolute atomic E-state index is 0.0920. The Kier molecular flexibility index (Phi) is 5.37. The molecule has 0 bridgehead atoms. The topological polar surface area (TPSA) is 20.3 Å². The Morgan fingerprint density at radius 2 is 1.17 bits per heavy atom. The van der Waals surface area contributed by atoms with Crippen molar-refractivity contribution in [2.24, 2.45) is 0 Å². The first-order chi connectivity index (χ1) is 16.6. The van der Waals surface area contributed by atoms with Gasteiger partial charge in [0.1, 0.15) is 5.69 Å². The van der Waals surface area contributed by atoms with Crippen LogP contribution >= 0.6 is 7.29 Å². The molecule has 1 aliphatic rings. The summed E-state index contributed by atoms with van der Waals surface area (Å²) in [5.74, 6) is -10.6. The zero-order chi connectivity index (χ0) is 25.2. The number of benzene rings is 4. The summed E-state index contributed by atoms with van der Waals surface area (Å²) in [6.45, 7) is 5.26. The normalized spacial score (nSPS) is 16.7. The van der Waals surface area contributed by atoms with Gasteiger partial charge in [-0.05, 0) is 56.2 Å². The fourth-order valence-electron chi connectivity index (χ4n) is 4.54. The smallest absolute Gasteiger partial charge is 0.234 e. The van der Waals surface area contributed by atoms with Crippen molar-refractivity contribution in [2.45, 2.75) is 20.8 Å². The molecule has 8 heteroatoms. The van der Waals surface area contributed by atoms with E-state index in [1.807, 2.05) is 6.07 Å². The van der Waals surface area contributed by atoms with Gasteiger partial charge in [0.2, 0.25) is 13.1 Å². The summed E-state index contributed by atoms with van der Waals surface area (Å²) in [4.78, 5) is 0. The lowest BCUT2D eigenvalue weighted by atomic mass is 10.00. The highest BCUT2D eigenvalue weighted by atomic mass is 31.2. The molecule has 1 heterocycles. The van der Waals surface area contributed by atoms with Gasteiger partial charge in [-0.15, -0.1) is 0 Å². The molecule has 4 aromatic carbocycles. The van der Waals surface area contributed by atoms with E-state index in [0.717, 1.165) is 15.8 Å². The fourth-order valence-corrected chi connectivity index (χ4v) is 7.75. The van der Waals surface area contributed by atoms with Crippen molar-refractivity contribution < 1.29 is 26.5 Å². The molecule has 35 heavy (non-hydrogen) atoms. The highest BCUT2D eigenvalue weighted by Gasteiger charge is 2.46. The predicted molar refractivity (Wildman–Crippen MR) is 128 cm³/mol. The summed E-state index contributed by atoms with van der Waals surface area (Å²) in [6.07, 6.45) is 0. The van der Waals surface area contributed by atoms with E-state index < -0.39 is 42.1 Å². The quantitative estimate of drug-likeness (QED) is 0.124. The van der Waals surface area contributed by atoms with Crippen molar-refractivity contribution in [1.29, 1.82) is 0 Å². The maximum absolute atomic E-state index is 15.3. The van der Waals surface area contributed by atoms with E-state index in [1.165, 1.54) is 0 Å². The second-order valence-electron chi connectivity index (χ2n) is 8.69. The standard InChI is InChI=1S/C27H19F5NOP/c1-14-5-4-6-17(11-14)35(34)21-13-16(3)8-10-19(21)18-9-7-15(2)12-20(18)33(35)27-25(31)23(29)22(28)24(30)26(27)32/h4-13H,1-3H3. The van der Waals surface area contributed by atoms with Crippen LogP contribution in [0, 0.1) is 49.9 Å². The summed E-state index contributed by atoms with van der Waals surface area (Å²) in [7, 11) is -4.21. The summed E-state index contributed by atoms with van der Waals surface area (Å²) >= 11 is 0. The predicted octanol–water partition coefficient (Wildman–Crippen LogP) is 7.35. The molecule has 4 aromatic rings. The molecule has 1 unspecified atom stereocenters. The second-order valence-corrected chi connectivity index (χ2v) is 11.2. The highest BCUT2D eigenvalue weighted by Crippen LogP contribution is 2.62. The molecular weight excluding hydrogens is 480 g/mol. The first kappa shape index (κ1) is 23.3. The van der Waals surface area contributed by atoms with Gasteiger partial charge in [-0.2, -0.15) is 0 Å². The van der Waals surface area contributed by atoms with E-state index in [-0.39, 0.29) is 16.3 Å². The van der Waals surface area contributed by atoms with Gasteiger partial charge in [0.05, 0.1) is 5.69 Å². The third-order valence-electron chi connectivity index (χ3n) is 6.18. The van der Waals surface area contributed by atoms with Gasteiger partial charge in [0, 0.05) is 16.2 Å². The molecule has 0 aliphatic carbocycles. The van der Waals surface area contributed by atoms with Crippen molar-refractivity contribution in [1.82, 2.24) is 0 Å². The Morgan fingerprint density at radius 3 is 1.80 bits per heavy atom. The van der Waals surface area contributed by atoms with Gasteiger partial charge in [-0.3, -0.25) is 9.24 Å². The Morgan fingerprint density at radius 1 is 0.629 bits per heavy atom. The largest absolute Gasteiger partial charge is 0.289 e. The number of rotatable bonds is 2. The summed E-state index contributed by atoms with van der Waals surface area (Å²) in [5, 5.41) is 0.462. The van der Waals surface area contributed by atoms with Crippen molar-refractivity contribution in [3.8, 4) is 11.1 Å². The zero-order valence-corrected chi connectivity index (χ0v) is 19.9. The lowest BCUT2D eigenvalue weighted by molar-refractivity contribution is 0.381. The van der Waals surface area contributed by atoms with Crippen LogP contribution in [0.15, 0.2) is 60.7 Å². The highest BCUT2D eigenvalue weighted by molar-refractivity contribution is 7.80. The van der Waals surface area contributed by atoms with Crippen LogP contribution in [0.5, 0.6) is 0 Å². The van der Waals surface area contributed by atoms with E-state index >= 15 is 13.3 Å². The van der Waals surface area contributed by atoms with Crippen molar-refractivity contribution in [3.05, 3.63) is 106 Å². The number of hydrogen-bond donors (Lipinski definition) is 0. The van der Waals surface area contributed by atoms with Gasteiger partial charge < -0.3 is 0 Å². The molecule has 0 fully saturated rings. The van der Waals surface area contributed by atoms with Crippen LogP contribution in [0.25, 0.3) is 11.1 Å². The van der Waals surface area contributed by atoms with E-state index in [9.17, 15) is 13.2 Å². The molecule has 0 saturated carbocycles. The Labute approximate surface area is 199 Å². The van der Waals surface area contributed by atoms with E-state index in [0.29, 0.717) is 16.7 Å². The summed E-state index contributed by atoms with van der Waals surface area (Å²) < 4.78 is 89.4. The first-order valence-electron chi connectivity index (χ1n) is 10.8. The monoisotopic (exact) mass is 499 g/mol. The number of aryl methyl sites for hydroxylation is 3. The third kappa shape index (κ3) is 3.33. The number of nitrogens with zero attached hydrogens (tertiary/aromatic N) is 1. The lowest BCUT2D eigenvalue weighted by Gasteiger charge is -2.40. The molecule has 0 N–H and O–H groups in total. The van der Waals surface area contributed by atoms with Crippen LogP contribution < -0.4 is 15.3 Å². The number of hydrogen-bond acceptors (Lipinski definition) is 1. The number of halogens is 5. The molecular formula is C27H19F5NOP. The van der Waals surface area contributed by atoms with E-state index in [4.69, 9.17) is 0 Å². The average Bonchev–Trinajstić information content (AvgIpc) is 2.83. The molecule has 1 aliphatic heterocycles. The van der Waals surface area contributed by atoms with Crippen molar-refractivity contribution in [3.63, 3.8) is 0 Å². The molecule has 5 rings (SSSR count). The molecule has 0 saturated heterocycles. The first-order valence-corrected chi connectivity index (χ1v) is 12.4. The molecule has 0 radical (unpaired) electrons. The van der Waals surface area contributed by atoms with Gasteiger partial charge in [-0.1, -0.05) is 47.5 Å².